The van der Waals surface area contributed by atoms with Crippen molar-refractivity contribution in [3.63, 3.8) is 0 Å². The van der Waals surface area contributed by atoms with E-state index in [1.807, 2.05) is 36.4 Å². The van der Waals surface area contributed by atoms with Gasteiger partial charge in [0.1, 0.15) is 5.67 Å². The number of alkyl halides is 2. The highest BCUT2D eigenvalue weighted by Crippen LogP contribution is 2.44. The first kappa shape index (κ1) is 25.4. The molecule has 1 fully saturated rings. The van der Waals surface area contributed by atoms with E-state index in [4.69, 9.17) is 23.2 Å². The lowest BCUT2D eigenvalue weighted by molar-refractivity contribution is -0.0228. The van der Waals surface area contributed by atoms with Gasteiger partial charge in [-0.1, -0.05) is 77.8 Å². The Bertz CT molecular complexity index is 1260. The molecule has 1 nitrogen and oxygen atoms in total. The summed E-state index contributed by atoms with van der Waals surface area (Å²) in [4.78, 5) is 2.13. The highest BCUT2D eigenvalue weighted by molar-refractivity contribution is 6.36. The second kappa shape index (κ2) is 10.7. The van der Waals surface area contributed by atoms with Gasteiger partial charge in [0.2, 0.25) is 0 Å². The Balaban J connectivity index is 1.52. The molecule has 2 aliphatic rings. The minimum absolute atomic E-state index is 0.0794. The molecular weight excluding hydrogens is 495 g/mol. The van der Waals surface area contributed by atoms with Gasteiger partial charge in [-0.25, -0.2) is 4.39 Å². The lowest BCUT2D eigenvalue weighted by Gasteiger charge is -2.45. The Morgan fingerprint density at radius 1 is 0.944 bits per heavy atom. The molecule has 0 bridgehead atoms. The minimum Gasteiger partial charge on any atom is -0.302 e. The number of aryl methyl sites for hydroxylation is 1. The standard InChI is InChI=1S/C31H31Cl2F2N/c1-31(35,24-19-36(20-24)17-5-16-34)23-12-10-22(11-13-23)30-26-8-3-2-6-21(26)7-4-9-28(30)27-15-14-25(32)18-29(27)33/h2-3,6,8,10-15,18,24H,4-5,7,9,16-17,19-20H2,1H3. The summed E-state index contributed by atoms with van der Waals surface area (Å²) >= 11 is 12.9. The SMILES string of the molecule is CC(F)(c1ccc(C2=C(c3ccc(Cl)cc3Cl)CCCc3ccccc32)cc1)C1CN(CCCF)C1. The maximum Gasteiger partial charge on any atom is 0.138 e. The maximum atomic E-state index is 15.9. The highest BCUT2D eigenvalue weighted by Gasteiger charge is 2.43. The molecule has 5 heteroatoms. The first-order valence-corrected chi connectivity index (χ1v) is 13.5. The normalized spacial score (nSPS) is 18.4. The largest absolute Gasteiger partial charge is 0.302 e. The molecule has 0 aromatic heterocycles. The summed E-state index contributed by atoms with van der Waals surface area (Å²) in [5.74, 6) is -0.0794. The molecule has 0 radical (unpaired) electrons. The lowest BCUT2D eigenvalue weighted by Crippen LogP contribution is -2.54. The summed E-state index contributed by atoms with van der Waals surface area (Å²) in [6.07, 6.45) is 3.43. The average molecular weight is 526 g/mol. The van der Waals surface area contributed by atoms with Crippen LogP contribution in [-0.4, -0.2) is 31.2 Å². The van der Waals surface area contributed by atoms with Gasteiger partial charge in [0, 0.05) is 35.6 Å². The van der Waals surface area contributed by atoms with Gasteiger partial charge >= 0.3 is 0 Å². The quantitative estimate of drug-likeness (QED) is 0.298. The van der Waals surface area contributed by atoms with Gasteiger partial charge in [-0.05, 0) is 83.7 Å². The van der Waals surface area contributed by atoms with E-state index >= 15 is 4.39 Å². The minimum atomic E-state index is -1.43. The fraction of sp³-hybridized carbons (Fsp3) is 0.355. The molecule has 1 aliphatic heterocycles. The lowest BCUT2D eigenvalue weighted by atomic mass is 9.78. The van der Waals surface area contributed by atoms with E-state index in [-0.39, 0.29) is 12.6 Å². The predicted molar refractivity (Wildman–Crippen MR) is 147 cm³/mol. The molecule has 0 spiro atoms. The van der Waals surface area contributed by atoms with Crippen LogP contribution >= 0.6 is 23.2 Å². The molecule has 1 atom stereocenters. The van der Waals surface area contributed by atoms with Crippen molar-refractivity contribution in [2.75, 3.05) is 26.3 Å². The molecule has 0 N–H and O–H groups in total. The van der Waals surface area contributed by atoms with Crippen molar-refractivity contribution in [2.24, 2.45) is 5.92 Å². The second-order valence-corrected chi connectivity index (χ2v) is 11.0. The van der Waals surface area contributed by atoms with E-state index in [1.165, 1.54) is 16.7 Å². The van der Waals surface area contributed by atoms with Crippen molar-refractivity contribution in [3.05, 3.63) is 105 Å². The van der Waals surface area contributed by atoms with Crippen LogP contribution < -0.4 is 0 Å². The number of hydrogen-bond acceptors (Lipinski definition) is 1. The molecule has 1 aliphatic carbocycles. The van der Waals surface area contributed by atoms with Crippen LogP contribution in [0.4, 0.5) is 8.78 Å². The molecular formula is C31H31Cl2F2N. The summed E-state index contributed by atoms with van der Waals surface area (Å²) in [5.41, 5.74) is 6.18. The Labute approximate surface area is 222 Å². The number of nitrogens with zero attached hydrogens (tertiary/aromatic N) is 1. The number of likely N-dealkylation sites (tertiary alicyclic amines) is 1. The molecule has 3 aromatic rings. The number of hydrogen-bond donors (Lipinski definition) is 0. The first-order chi connectivity index (χ1) is 17.4. The Kier molecular flexibility index (Phi) is 7.53. The number of halogens is 4. The van der Waals surface area contributed by atoms with Crippen molar-refractivity contribution < 1.29 is 8.78 Å². The Morgan fingerprint density at radius 3 is 2.42 bits per heavy atom. The van der Waals surface area contributed by atoms with Gasteiger partial charge in [-0.15, -0.1) is 0 Å². The van der Waals surface area contributed by atoms with Crippen molar-refractivity contribution in [2.45, 2.75) is 38.3 Å². The molecule has 1 unspecified atom stereocenters. The van der Waals surface area contributed by atoms with E-state index < -0.39 is 5.67 Å². The number of fused-ring (bicyclic) bond motifs is 1. The van der Waals surface area contributed by atoms with Gasteiger partial charge in [-0.2, -0.15) is 0 Å². The van der Waals surface area contributed by atoms with Crippen molar-refractivity contribution >= 4 is 34.3 Å². The van der Waals surface area contributed by atoms with Crippen LogP contribution in [0.25, 0.3) is 11.1 Å². The Morgan fingerprint density at radius 2 is 1.69 bits per heavy atom. The molecule has 3 aromatic carbocycles. The third kappa shape index (κ3) is 4.98. The van der Waals surface area contributed by atoms with Gasteiger partial charge in [0.05, 0.1) is 6.67 Å². The zero-order chi connectivity index (χ0) is 25.3. The summed E-state index contributed by atoms with van der Waals surface area (Å²) < 4.78 is 28.4. The van der Waals surface area contributed by atoms with Crippen LogP contribution in [-0.2, 0) is 12.1 Å². The fourth-order valence-electron chi connectivity index (χ4n) is 5.64. The first-order valence-electron chi connectivity index (χ1n) is 12.7. The van der Waals surface area contributed by atoms with E-state index in [2.05, 4.69) is 29.2 Å². The smallest absolute Gasteiger partial charge is 0.138 e. The van der Waals surface area contributed by atoms with Gasteiger partial charge < -0.3 is 4.90 Å². The number of rotatable bonds is 7. The summed E-state index contributed by atoms with van der Waals surface area (Å²) in [6.45, 7) is 3.40. The van der Waals surface area contributed by atoms with Crippen molar-refractivity contribution in [3.8, 4) is 0 Å². The Hall–Kier alpha value is -2.20. The van der Waals surface area contributed by atoms with Crippen LogP contribution in [0, 0.1) is 5.92 Å². The monoisotopic (exact) mass is 525 g/mol. The van der Waals surface area contributed by atoms with Crippen LogP contribution in [0.3, 0.4) is 0 Å². The van der Waals surface area contributed by atoms with Gasteiger partial charge in [0.25, 0.3) is 0 Å². The van der Waals surface area contributed by atoms with Crippen LogP contribution in [0.5, 0.6) is 0 Å². The fourth-order valence-corrected chi connectivity index (χ4v) is 6.16. The van der Waals surface area contributed by atoms with Crippen LogP contribution in [0.15, 0.2) is 66.7 Å². The third-order valence-corrected chi connectivity index (χ3v) is 8.34. The molecule has 0 saturated carbocycles. The molecule has 5 rings (SSSR count). The molecule has 188 valence electrons. The summed E-state index contributed by atoms with van der Waals surface area (Å²) in [6, 6.07) is 22.2. The van der Waals surface area contributed by atoms with E-state index in [0.717, 1.165) is 36.0 Å². The third-order valence-electron chi connectivity index (χ3n) is 7.79. The molecule has 1 saturated heterocycles. The number of allylic oxidation sites excluding steroid dienone is 1. The maximum absolute atomic E-state index is 15.9. The summed E-state index contributed by atoms with van der Waals surface area (Å²) in [5, 5.41) is 1.26. The number of benzene rings is 3. The van der Waals surface area contributed by atoms with Crippen molar-refractivity contribution in [1.82, 2.24) is 4.90 Å². The topological polar surface area (TPSA) is 3.24 Å². The molecule has 36 heavy (non-hydrogen) atoms. The van der Waals surface area contributed by atoms with Gasteiger partial charge in [0.15, 0.2) is 0 Å². The van der Waals surface area contributed by atoms with Gasteiger partial charge in [-0.3, -0.25) is 4.39 Å². The van der Waals surface area contributed by atoms with Crippen molar-refractivity contribution in [1.29, 1.82) is 0 Å². The zero-order valence-electron chi connectivity index (χ0n) is 20.5. The average Bonchev–Trinajstić information content (AvgIpc) is 3.03. The predicted octanol–water partition coefficient (Wildman–Crippen LogP) is 8.76. The molecule has 0 amide bonds. The second-order valence-electron chi connectivity index (χ2n) is 10.1. The molecule has 1 heterocycles. The summed E-state index contributed by atoms with van der Waals surface area (Å²) in [7, 11) is 0. The van der Waals surface area contributed by atoms with Crippen LogP contribution in [0.1, 0.15) is 54.0 Å². The van der Waals surface area contributed by atoms with E-state index in [9.17, 15) is 4.39 Å². The van der Waals surface area contributed by atoms with Crippen LogP contribution in [0.2, 0.25) is 10.0 Å². The van der Waals surface area contributed by atoms with E-state index in [0.29, 0.717) is 41.7 Å². The van der Waals surface area contributed by atoms with E-state index in [1.54, 1.807) is 13.0 Å². The highest BCUT2D eigenvalue weighted by atomic mass is 35.5. The zero-order valence-corrected chi connectivity index (χ0v) is 22.1.